The Morgan fingerprint density at radius 1 is 1.00 bits per heavy atom. The maximum Gasteiger partial charge on any atom is 0.269 e. The summed E-state index contributed by atoms with van der Waals surface area (Å²) >= 11 is 1.21. The van der Waals surface area contributed by atoms with Crippen LogP contribution in [0.4, 0.5) is 11.4 Å². The van der Waals surface area contributed by atoms with Crippen LogP contribution >= 0.6 is 11.8 Å². The number of non-ortho nitro benzene ring substituents is 1. The van der Waals surface area contributed by atoms with Gasteiger partial charge in [-0.1, -0.05) is 23.9 Å². The van der Waals surface area contributed by atoms with Crippen molar-refractivity contribution in [3.05, 3.63) is 83.2 Å². The number of nitro groups is 1. The van der Waals surface area contributed by atoms with E-state index < -0.39 is 14.9 Å². The van der Waals surface area contributed by atoms with Gasteiger partial charge in [0.25, 0.3) is 15.7 Å². The Morgan fingerprint density at radius 3 is 2.38 bits per heavy atom. The molecule has 1 N–H and O–H groups in total. The van der Waals surface area contributed by atoms with Gasteiger partial charge in [-0.25, -0.2) is 8.42 Å². The van der Waals surface area contributed by atoms with Crippen LogP contribution in [0.15, 0.2) is 87.7 Å². The maximum absolute atomic E-state index is 12.7. The Balaban J connectivity index is 1.89. The molecule has 132 valence electrons. The van der Waals surface area contributed by atoms with E-state index in [0.29, 0.717) is 15.5 Å². The second-order valence-corrected chi connectivity index (χ2v) is 7.91. The molecule has 0 spiro atoms. The molecule has 9 heteroatoms. The summed E-state index contributed by atoms with van der Waals surface area (Å²) in [7, 11) is -3.80. The SMILES string of the molecule is O=[N+]([O-])c1ccc(Sc2ccccc2S(=O)(=O)Nc2cccnc2)cc1. The monoisotopic (exact) mass is 387 g/mol. The molecule has 0 unspecified atom stereocenters. The molecule has 0 aliphatic rings. The minimum Gasteiger partial charge on any atom is -0.278 e. The summed E-state index contributed by atoms with van der Waals surface area (Å²) in [5.41, 5.74) is 0.344. The normalized spacial score (nSPS) is 11.1. The number of pyridine rings is 1. The van der Waals surface area contributed by atoms with Crippen molar-refractivity contribution in [2.75, 3.05) is 4.72 Å². The van der Waals surface area contributed by atoms with E-state index in [1.54, 1.807) is 48.7 Å². The van der Waals surface area contributed by atoms with Crippen molar-refractivity contribution in [2.45, 2.75) is 14.7 Å². The van der Waals surface area contributed by atoms with E-state index in [9.17, 15) is 18.5 Å². The summed E-state index contributed by atoms with van der Waals surface area (Å²) in [5.74, 6) is 0. The summed E-state index contributed by atoms with van der Waals surface area (Å²) in [5, 5.41) is 10.7. The number of hydrogen-bond acceptors (Lipinski definition) is 6. The highest BCUT2D eigenvalue weighted by Gasteiger charge is 2.19. The third kappa shape index (κ3) is 4.19. The fraction of sp³-hybridized carbons (Fsp3) is 0. The summed E-state index contributed by atoms with van der Waals surface area (Å²) < 4.78 is 27.9. The molecule has 0 atom stereocenters. The lowest BCUT2D eigenvalue weighted by Gasteiger charge is -2.11. The van der Waals surface area contributed by atoms with Crippen LogP contribution in [0.25, 0.3) is 0 Å². The largest absolute Gasteiger partial charge is 0.278 e. The summed E-state index contributed by atoms with van der Waals surface area (Å²) in [6.07, 6.45) is 2.97. The highest BCUT2D eigenvalue weighted by molar-refractivity contribution is 8.00. The van der Waals surface area contributed by atoms with Crippen LogP contribution in [0.5, 0.6) is 0 Å². The van der Waals surface area contributed by atoms with Crippen molar-refractivity contribution < 1.29 is 13.3 Å². The highest BCUT2D eigenvalue weighted by atomic mass is 32.2. The van der Waals surface area contributed by atoms with Crippen molar-refractivity contribution in [1.29, 1.82) is 0 Å². The first-order chi connectivity index (χ1) is 12.5. The lowest BCUT2D eigenvalue weighted by atomic mass is 10.3. The van der Waals surface area contributed by atoms with E-state index in [1.807, 2.05) is 0 Å². The zero-order valence-electron chi connectivity index (χ0n) is 13.3. The summed E-state index contributed by atoms with van der Waals surface area (Å²) in [6, 6.07) is 15.7. The first-order valence-electron chi connectivity index (χ1n) is 7.40. The molecule has 0 bridgehead atoms. The van der Waals surface area contributed by atoms with Crippen LogP contribution < -0.4 is 4.72 Å². The number of hydrogen-bond donors (Lipinski definition) is 1. The molecule has 3 aromatic rings. The first kappa shape index (κ1) is 17.9. The number of rotatable bonds is 6. The van der Waals surface area contributed by atoms with E-state index >= 15 is 0 Å². The van der Waals surface area contributed by atoms with Gasteiger partial charge in [0.1, 0.15) is 4.90 Å². The van der Waals surface area contributed by atoms with Crippen LogP contribution in [0.2, 0.25) is 0 Å². The summed E-state index contributed by atoms with van der Waals surface area (Å²) in [6.45, 7) is 0. The standard InChI is InChI=1S/C17H13N3O4S2/c21-20(22)14-7-9-15(10-8-14)25-16-5-1-2-6-17(16)26(23,24)19-13-4-3-11-18-12-13/h1-12,19H. The average molecular weight is 387 g/mol. The number of nitro benzene ring substituents is 1. The Hall–Kier alpha value is -2.91. The lowest BCUT2D eigenvalue weighted by molar-refractivity contribution is -0.384. The number of anilines is 1. The topological polar surface area (TPSA) is 102 Å². The number of aromatic nitrogens is 1. The van der Waals surface area contributed by atoms with Gasteiger partial charge in [0.2, 0.25) is 0 Å². The Kier molecular flexibility index (Phi) is 5.19. The second kappa shape index (κ2) is 7.54. The molecule has 0 saturated carbocycles. The number of benzene rings is 2. The van der Waals surface area contributed by atoms with Crippen molar-refractivity contribution in [2.24, 2.45) is 0 Å². The van der Waals surface area contributed by atoms with Gasteiger partial charge in [-0.15, -0.1) is 0 Å². The molecular weight excluding hydrogens is 374 g/mol. The predicted octanol–water partition coefficient (Wildman–Crippen LogP) is 3.94. The molecule has 0 saturated heterocycles. The van der Waals surface area contributed by atoms with Gasteiger partial charge in [-0.05, 0) is 36.4 Å². The summed E-state index contributed by atoms with van der Waals surface area (Å²) in [4.78, 5) is 15.5. The fourth-order valence-corrected chi connectivity index (χ4v) is 4.58. The van der Waals surface area contributed by atoms with Crippen molar-refractivity contribution in [3.63, 3.8) is 0 Å². The minimum absolute atomic E-state index is 0.0199. The number of nitrogens with zero attached hydrogens (tertiary/aromatic N) is 2. The molecule has 3 rings (SSSR count). The van der Waals surface area contributed by atoms with Gasteiger partial charge >= 0.3 is 0 Å². The number of nitrogens with one attached hydrogen (secondary N) is 1. The molecule has 0 radical (unpaired) electrons. The quantitative estimate of drug-likeness (QED) is 0.508. The molecule has 0 amide bonds. The average Bonchev–Trinajstić information content (AvgIpc) is 2.63. The first-order valence-corrected chi connectivity index (χ1v) is 9.70. The van der Waals surface area contributed by atoms with Crippen LogP contribution in [0, 0.1) is 10.1 Å². The molecule has 2 aromatic carbocycles. The Morgan fingerprint density at radius 2 is 1.73 bits per heavy atom. The zero-order chi connectivity index (χ0) is 18.6. The fourth-order valence-electron chi connectivity index (χ4n) is 2.15. The molecule has 0 fully saturated rings. The van der Waals surface area contributed by atoms with Crippen LogP contribution in [0.1, 0.15) is 0 Å². The highest BCUT2D eigenvalue weighted by Crippen LogP contribution is 2.34. The van der Waals surface area contributed by atoms with E-state index in [4.69, 9.17) is 0 Å². The second-order valence-electron chi connectivity index (χ2n) is 5.15. The van der Waals surface area contributed by atoms with Crippen molar-refractivity contribution >= 4 is 33.2 Å². The van der Waals surface area contributed by atoms with Gasteiger partial charge in [0.15, 0.2) is 0 Å². The van der Waals surface area contributed by atoms with Gasteiger partial charge in [0.05, 0.1) is 16.8 Å². The van der Waals surface area contributed by atoms with Gasteiger partial charge in [-0.3, -0.25) is 19.8 Å². The van der Waals surface area contributed by atoms with Gasteiger partial charge in [-0.2, -0.15) is 0 Å². The van der Waals surface area contributed by atoms with E-state index in [2.05, 4.69) is 9.71 Å². The van der Waals surface area contributed by atoms with E-state index in [0.717, 1.165) is 0 Å². The lowest BCUT2D eigenvalue weighted by Crippen LogP contribution is -2.13. The van der Waals surface area contributed by atoms with Crippen LogP contribution in [-0.2, 0) is 10.0 Å². The van der Waals surface area contributed by atoms with E-state index in [-0.39, 0.29) is 10.6 Å². The molecule has 7 nitrogen and oxygen atoms in total. The molecule has 26 heavy (non-hydrogen) atoms. The Labute approximate surface area is 154 Å². The molecule has 1 aromatic heterocycles. The maximum atomic E-state index is 12.7. The van der Waals surface area contributed by atoms with Crippen molar-refractivity contribution in [3.8, 4) is 0 Å². The zero-order valence-corrected chi connectivity index (χ0v) is 14.9. The van der Waals surface area contributed by atoms with Gasteiger partial charge < -0.3 is 0 Å². The third-order valence-corrected chi connectivity index (χ3v) is 5.98. The molecule has 0 aliphatic carbocycles. The van der Waals surface area contributed by atoms with Gasteiger partial charge in [0, 0.05) is 28.1 Å². The molecular formula is C17H13N3O4S2. The van der Waals surface area contributed by atoms with Crippen LogP contribution in [-0.4, -0.2) is 18.3 Å². The molecule has 1 heterocycles. The van der Waals surface area contributed by atoms with Crippen molar-refractivity contribution in [1.82, 2.24) is 4.98 Å². The predicted molar refractivity (Wildman–Crippen MR) is 98.7 cm³/mol. The minimum atomic E-state index is -3.80. The third-order valence-electron chi connectivity index (χ3n) is 3.33. The smallest absolute Gasteiger partial charge is 0.269 e. The molecule has 0 aliphatic heterocycles. The van der Waals surface area contributed by atoms with Crippen LogP contribution in [0.3, 0.4) is 0 Å². The number of sulfonamides is 1. The van der Waals surface area contributed by atoms with E-state index in [1.165, 1.54) is 36.2 Å². The Bertz CT molecular complexity index is 1020.